The van der Waals surface area contributed by atoms with Crippen LogP contribution in [0, 0.1) is 0 Å². The molecule has 29 heavy (non-hydrogen) atoms. The van der Waals surface area contributed by atoms with Crippen molar-refractivity contribution in [2.75, 3.05) is 7.11 Å². The smallest absolute Gasteiger partial charge is 0.344 e. The number of nitrogens with zero attached hydrogens (tertiary/aromatic N) is 1. The molecule has 1 atom stereocenters. The van der Waals surface area contributed by atoms with Gasteiger partial charge in [-0.3, -0.25) is 4.79 Å². The number of rotatable bonds is 6. The van der Waals surface area contributed by atoms with Crippen LogP contribution >= 0.6 is 23.4 Å². The zero-order valence-electron chi connectivity index (χ0n) is 15.5. The fourth-order valence-electron chi connectivity index (χ4n) is 2.38. The van der Waals surface area contributed by atoms with Crippen molar-refractivity contribution in [3.63, 3.8) is 0 Å². The molecule has 0 aromatic heterocycles. The van der Waals surface area contributed by atoms with Gasteiger partial charge < -0.3 is 19.9 Å². The fraction of sp³-hybridized carbons (Fsp3) is 0.150. The summed E-state index contributed by atoms with van der Waals surface area (Å²) < 4.78 is 10.7. The van der Waals surface area contributed by atoms with Crippen molar-refractivity contribution in [3.8, 4) is 11.5 Å². The maximum absolute atomic E-state index is 12.3. The van der Waals surface area contributed by atoms with E-state index >= 15 is 0 Å². The first-order valence-electron chi connectivity index (χ1n) is 8.48. The Morgan fingerprint density at radius 2 is 1.97 bits per heavy atom. The first kappa shape index (κ1) is 20.8. The largest absolute Gasteiger partial charge is 0.493 e. The van der Waals surface area contributed by atoms with E-state index in [2.05, 4.69) is 10.3 Å². The van der Waals surface area contributed by atoms with Crippen LogP contribution in [-0.2, 0) is 9.59 Å². The van der Waals surface area contributed by atoms with Crippen LogP contribution in [0.15, 0.2) is 52.4 Å². The average molecular weight is 433 g/mol. The number of carboxylic acids is 1. The van der Waals surface area contributed by atoms with Gasteiger partial charge in [-0.05, 0) is 66.7 Å². The second kappa shape index (κ2) is 9.02. The number of amides is 1. The molecule has 0 spiro atoms. The van der Waals surface area contributed by atoms with Gasteiger partial charge in [0, 0.05) is 5.02 Å². The third-order valence-corrected chi connectivity index (χ3v) is 5.01. The Kier molecular flexibility index (Phi) is 6.46. The number of aliphatic imine (C=N–C) groups is 1. The molecular weight excluding hydrogens is 416 g/mol. The number of benzene rings is 2. The van der Waals surface area contributed by atoms with Crippen molar-refractivity contribution in [1.29, 1.82) is 0 Å². The van der Waals surface area contributed by atoms with Crippen LogP contribution in [0.1, 0.15) is 12.5 Å². The van der Waals surface area contributed by atoms with E-state index in [4.69, 9.17) is 26.2 Å². The Labute approximate surface area is 176 Å². The molecule has 0 unspecified atom stereocenters. The quantitative estimate of drug-likeness (QED) is 0.667. The molecule has 1 amide bonds. The number of hydrogen-bond donors (Lipinski definition) is 2. The van der Waals surface area contributed by atoms with Crippen molar-refractivity contribution in [2.24, 2.45) is 4.99 Å². The summed E-state index contributed by atoms with van der Waals surface area (Å²) in [5, 5.41) is 12.8. The Morgan fingerprint density at radius 1 is 1.24 bits per heavy atom. The van der Waals surface area contributed by atoms with Crippen LogP contribution < -0.4 is 14.8 Å². The predicted molar refractivity (Wildman–Crippen MR) is 113 cm³/mol. The highest BCUT2D eigenvalue weighted by molar-refractivity contribution is 8.18. The first-order valence-corrected chi connectivity index (χ1v) is 9.68. The molecule has 1 heterocycles. The third-order valence-electron chi connectivity index (χ3n) is 3.85. The van der Waals surface area contributed by atoms with E-state index in [-0.39, 0.29) is 5.91 Å². The molecule has 2 N–H and O–H groups in total. The Hall–Kier alpha value is -2.97. The lowest BCUT2D eigenvalue weighted by Crippen LogP contribution is -2.23. The minimum Gasteiger partial charge on any atom is -0.493 e. The van der Waals surface area contributed by atoms with Crippen LogP contribution in [0.5, 0.6) is 11.5 Å². The summed E-state index contributed by atoms with van der Waals surface area (Å²) in [6, 6.07) is 11.9. The molecule has 0 saturated carbocycles. The van der Waals surface area contributed by atoms with E-state index in [1.165, 1.54) is 25.8 Å². The normalized spacial score (nSPS) is 17.3. The molecule has 7 nitrogen and oxygen atoms in total. The van der Waals surface area contributed by atoms with E-state index in [1.54, 1.807) is 48.5 Å². The van der Waals surface area contributed by atoms with Gasteiger partial charge in [0.2, 0.25) is 0 Å². The lowest BCUT2D eigenvalue weighted by atomic mass is 10.2. The van der Waals surface area contributed by atoms with Crippen LogP contribution in [0.2, 0.25) is 5.02 Å². The molecule has 2 aromatic rings. The van der Waals surface area contributed by atoms with Crippen LogP contribution in [0.25, 0.3) is 6.08 Å². The predicted octanol–water partition coefficient (Wildman–Crippen LogP) is 4.09. The molecule has 0 aliphatic carbocycles. The molecule has 3 rings (SSSR count). The first-order chi connectivity index (χ1) is 13.9. The number of ether oxygens (including phenoxy) is 2. The maximum Gasteiger partial charge on any atom is 0.344 e. The SMILES string of the molecule is COc1cc(/C=C2\SC(=Nc3ccc(Cl)cc3)NC2=O)ccc1O[C@@H](C)C(=O)O. The fourth-order valence-corrected chi connectivity index (χ4v) is 3.34. The number of methoxy groups -OCH3 is 1. The Bertz CT molecular complexity index is 1000. The van der Waals surface area contributed by atoms with Gasteiger partial charge in [-0.25, -0.2) is 9.79 Å². The van der Waals surface area contributed by atoms with Crippen LogP contribution in [0.4, 0.5) is 5.69 Å². The second-order valence-electron chi connectivity index (χ2n) is 5.97. The Morgan fingerprint density at radius 3 is 2.62 bits per heavy atom. The van der Waals surface area contributed by atoms with Gasteiger partial charge in [-0.15, -0.1) is 0 Å². The number of carbonyl (C=O) groups is 2. The van der Waals surface area contributed by atoms with Crippen molar-refractivity contribution >= 4 is 52.2 Å². The summed E-state index contributed by atoms with van der Waals surface area (Å²) in [5.74, 6) is -0.671. The van der Waals surface area contributed by atoms with Crippen molar-refractivity contribution in [1.82, 2.24) is 5.32 Å². The standard InChI is InChI=1S/C20H17ClN2O5S/c1-11(19(25)26)28-15-8-3-12(9-16(15)27-2)10-17-18(24)23-20(29-17)22-14-6-4-13(21)5-7-14/h3-11H,1-2H3,(H,25,26)(H,22,23,24)/b17-10-/t11-/m0/s1. The Balaban J connectivity index is 1.79. The number of nitrogens with one attached hydrogen (secondary N) is 1. The molecule has 1 saturated heterocycles. The second-order valence-corrected chi connectivity index (χ2v) is 7.43. The lowest BCUT2D eigenvalue weighted by molar-refractivity contribution is -0.144. The summed E-state index contributed by atoms with van der Waals surface area (Å²) in [5.41, 5.74) is 1.37. The topological polar surface area (TPSA) is 97.2 Å². The maximum atomic E-state index is 12.3. The molecule has 0 bridgehead atoms. The number of thioether (sulfide) groups is 1. The van der Waals surface area contributed by atoms with Crippen molar-refractivity contribution < 1.29 is 24.2 Å². The van der Waals surface area contributed by atoms with Gasteiger partial charge in [0.1, 0.15) is 0 Å². The van der Waals surface area contributed by atoms with Gasteiger partial charge in [-0.1, -0.05) is 17.7 Å². The van der Waals surface area contributed by atoms with Gasteiger partial charge >= 0.3 is 5.97 Å². The third kappa shape index (κ3) is 5.30. The highest BCUT2D eigenvalue weighted by Gasteiger charge is 2.24. The average Bonchev–Trinajstić information content (AvgIpc) is 3.03. The van der Waals surface area contributed by atoms with Gasteiger partial charge in [0.25, 0.3) is 5.91 Å². The monoisotopic (exact) mass is 432 g/mol. The van der Waals surface area contributed by atoms with E-state index in [0.29, 0.717) is 37.8 Å². The van der Waals surface area contributed by atoms with Crippen molar-refractivity contribution in [3.05, 3.63) is 58.0 Å². The molecule has 1 fully saturated rings. The summed E-state index contributed by atoms with van der Waals surface area (Å²) in [6.07, 6.45) is 0.674. The zero-order chi connectivity index (χ0) is 21.0. The lowest BCUT2D eigenvalue weighted by Gasteiger charge is -2.14. The minimum atomic E-state index is -1.08. The van der Waals surface area contributed by atoms with Crippen molar-refractivity contribution in [2.45, 2.75) is 13.0 Å². The number of carboxylic acid groups (broad SMARTS) is 1. The van der Waals surface area contributed by atoms with E-state index < -0.39 is 12.1 Å². The van der Waals surface area contributed by atoms with Crippen LogP contribution in [0.3, 0.4) is 0 Å². The number of amidine groups is 1. The van der Waals surface area contributed by atoms with Crippen LogP contribution in [-0.4, -0.2) is 35.4 Å². The van der Waals surface area contributed by atoms with E-state index in [1.807, 2.05) is 0 Å². The molecule has 2 aromatic carbocycles. The van der Waals surface area contributed by atoms with Gasteiger partial charge in [0.05, 0.1) is 17.7 Å². The molecule has 150 valence electrons. The zero-order valence-corrected chi connectivity index (χ0v) is 17.1. The molecule has 1 aliphatic rings. The molecular formula is C20H17ClN2O5S. The summed E-state index contributed by atoms with van der Waals surface area (Å²) in [7, 11) is 1.46. The molecule has 9 heteroatoms. The van der Waals surface area contributed by atoms with Gasteiger partial charge in [-0.2, -0.15) is 0 Å². The van der Waals surface area contributed by atoms with E-state index in [0.717, 1.165) is 0 Å². The number of hydrogen-bond acceptors (Lipinski definition) is 6. The number of halogens is 1. The minimum absolute atomic E-state index is 0.262. The van der Waals surface area contributed by atoms with E-state index in [9.17, 15) is 9.59 Å². The summed E-state index contributed by atoms with van der Waals surface area (Å²) >= 11 is 7.08. The molecule has 0 radical (unpaired) electrons. The summed E-state index contributed by atoms with van der Waals surface area (Å²) in [6.45, 7) is 1.43. The number of carbonyl (C=O) groups excluding carboxylic acids is 1. The molecule has 1 aliphatic heterocycles. The van der Waals surface area contributed by atoms with Gasteiger partial charge in [0.15, 0.2) is 22.8 Å². The highest BCUT2D eigenvalue weighted by atomic mass is 35.5. The number of aliphatic carboxylic acids is 1. The summed E-state index contributed by atoms with van der Waals surface area (Å²) in [4.78, 5) is 28.1. The highest BCUT2D eigenvalue weighted by Crippen LogP contribution is 2.32.